The zero-order valence-corrected chi connectivity index (χ0v) is 13.3. The van der Waals surface area contributed by atoms with E-state index in [-0.39, 0.29) is 0 Å². The summed E-state index contributed by atoms with van der Waals surface area (Å²) in [7, 11) is 0. The summed E-state index contributed by atoms with van der Waals surface area (Å²) in [4.78, 5) is 0.994. The second kappa shape index (κ2) is 8.54. The normalized spacial score (nSPS) is 10.3. The molecular weight excluding hydrogens is 274 g/mol. The molecule has 2 heteroatoms. The topological polar surface area (TPSA) is 23.8 Å². The number of hydrogen-bond acceptors (Lipinski definition) is 2. The van der Waals surface area contributed by atoms with Gasteiger partial charge in [-0.3, -0.25) is 0 Å². The highest BCUT2D eigenvalue weighted by molar-refractivity contribution is 8.03. The summed E-state index contributed by atoms with van der Waals surface area (Å²) < 4.78 is 0. The van der Waals surface area contributed by atoms with Gasteiger partial charge in [0, 0.05) is 4.90 Å². The predicted molar refractivity (Wildman–Crippen MR) is 91.2 cm³/mol. The van der Waals surface area contributed by atoms with E-state index in [1.807, 2.05) is 12.1 Å². The zero-order valence-electron chi connectivity index (χ0n) is 12.5. The Kier molecular flexibility index (Phi) is 6.37. The maximum atomic E-state index is 8.65. The minimum atomic E-state index is 0.994. The molecule has 0 bridgehead atoms. The second-order valence-corrected chi connectivity index (χ2v) is 6.08. The van der Waals surface area contributed by atoms with Crippen molar-refractivity contribution in [2.45, 2.75) is 43.9 Å². The average molecular weight is 295 g/mol. The van der Waals surface area contributed by atoms with Gasteiger partial charge in [-0.15, -0.1) is 0 Å². The van der Waals surface area contributed by atoms with Gasteiger partial charge >= 0.3 is 0 Å². The largest absolute Gasteiger partial charge is 0.185 e. The Morgan fingerprint density at radius 2 is 1.48 bits per heavy atom. The van der Waals surface area contributed by atoms with Crippen LogP contribution in [0.15, 0.2) is 53.4 Å². The molecular formula is C19H21NS. The molecule has 0 saturated carbocycles. The van der Waals surface area contributed by atoms with Gasteiger partial charge in [-0.05, 0) is 53.4 Å². The van der Waals surface area contributed by atoms with E-state index in [2.05, 4.69) is 48.7 Å². The minimum Gasteiger partial charge on any atom is -0.185 e. The summed E-state index contributed by atoms with van der Waals surface area (Å²) in [6.07, 6.45) is 6.42. The Morgan fingerprint density at radius 1 is 0.857 bits per heavy atom. The van der Waals surface area contributed by atoms with Crippen LogP contribution in [0.3, 0.4) is 0 Å². The van der Waals surface area contributed by atoms with Crippen LogP contribution in [-0.4, -0.2) is 0 Å². The molecule has 0 atom stereocenters. The lowest BCUT2D eigenvalue weighted by atomic mass is 10.0. The van der Waals surface area contributed by atoms with Gasteiger partial charge in [0.25, 0.3) is 0 Å². The van der Waals surface area contributed by atoms with Crippen molar-refractivity contribution >= 4 is 11.8 Å². The fraction of sp³-hybridized carbons (Fsp3) is 0.316. The molecule has 0 aliphatic rings. The molecule has 108 valence electrons. The highest BCUT2D eigenvalue weighted by atomic mass is 32.2. The number of nitrogens with zero attached hydrogens (tertiary/aromatic N) is 1. The summed E-state index contributed by atoms with van der Waals surface area (Å²) >= 11 is 1.20. The van der Waals surface area contributed by atoms with E-state index in [9.17, 15) is 0 Å². The highest BCUT2D eigenvalue weighted by Crippen LogP contribution is 2.24. The third-order valence-electron chi connectivity index (χ3n) is 3.62. The minimum absolute atomic E-state index is 0.994. The molecule has 0 saturated heterocycles. The predicted octanol–water partition coefficient (Wildman–Crippen LogP) is 6.05. The number of aryl methyl sites for hydroxylation is 1. The molecule has 0 unspecified atom stereocenters. The lowest BCUT2D eigenvalue weighted by molar-refractivity contribution is 0.667. The fourth-order valence-corrected chi connectivity index (χ4v) is 2.77. The SMILES string of the molecule is CCCCCCc1ccc(-c2ccc(SC#N)cc2)cc1. The van der Waals surface area contributed by atoms with Crippen LogP contribution >= 0.6 is 11.8 Å². The van der Waals surface area contributed by atoms with Crippen LogP contribution in [-0.2, 0) is 6.42 Å². The molecule has 2 rings (SSSR count). The van der Waals surface area contributed by atoms with Crippen LogP contribution in [0.1, 0.15) is 38.2 Å². The van der Waals surface area contributed by atoms with Crippen molar-refractivity contribution in [3.05, 3.63) is 54.1 Å². The third-order valence-corrected chi connectivity index (χ3v) is 4.22. The first kappa shape index (κ1) is 15.7. The summed E-state index contributed by atoms with van der Waals surface area (Å²) in [6.45, 7) is 2.25. The second-order valence-electron chi connectivity index (χ2n) is 5.23. The Balaban J connectivity index is 1.96. The molecule has 0 spiro atoms. The molecule has 0 aliphatic heterocycles. The van der Waals surface area contributed by atoms with Crippen molar-refractivity contribution in [3.63, 3.8) is 0 Å². The van der Waals surface area contributed by atoms with Crippen LogP contribution in [0.4, 0.5) is 0 Å². The van der Waals surface area contributed by atoms with Gasteiger partial charge in [0.2, 0.25) is 0 Å². The molecule has 0 aliphatic carbocycles. The van der Waals surface area contributed by atoms with E-state index in [0.717, 1.165) is 4.90 Å². The fourth-order valence-electron chi connectivity index (χ4n) is 2.39. The number of benzene rings is 2. The first-order valence-electron chi connectivity index (χ1n) is 7.59. The molecule has 0 aromatic heterocycles. The number of rotatable bonds is 7. The van der Waals surface area contributed by atoms with E-state index in [0.29, 0.717) is 0 Å². The molecule has 0 N–H and O–H groups in total. The molecule has 2 aromatic rings. The monoisotopic (exact) mass is 295 g/mol. The van der Waals surface area contributed by atoms with E-state index in [1.54, 1.807) is 0 Å². The van der Waals surface area contributed by atoms with Crippen molar-refractivity contribution in [2.24, 2.45) is 0 Å². The van der Waals surface area contributed by atoms with Crippen molar-refractivity contribution in [1.29, 1.82) is 5.26 Å². The van der Waals surface area contributed by atoms with Crippen LogP contribution in [0, 0.1) is 10.7 Å². The van der Waals surface area contributed by atoms with Crippen LogP contribution < -0.4 is 0 Å². The number of nitriles is 1. The smallest absolute Gasteiger partial charge is 0.138 e. The lowest BCUT2D eigenvalue weighted by Gasteiger charge is -2.05. The van der Waals surface area contributed by atoms with Crippen molar-refractivity contribution in [1.82, 2.24) is 0 Å². The number of thiocyanates is 1. The average Bonchev–Trinajstić information content (AvgIpc) is 2.53. The molecule has 21 heavy (non-hydrogen) atoms. The third kappa shape index (κ3) is 4.95. The van der Waals surface area contributed by atoms with E-state index in [4.69, 9.17) is 5.26 Å². The lowest BCUT2D eigenvalue weighted by Crippen LogP contribution is -1.86. The number of unbranched alkanes of at least 4 members (excludes halogenated alkanes) is 3. The van der Waals surface area contributed by atoms with E-state index >= 15 is 0 Å². The first-order valence-corrected chi connectivity index (χ1v) is 8.40. The Bertz CT molecular complexity index is 578. The maximum absolute atomic E-state index is 8.65. The van der Waals surface area contributed by atoms with Gasteiger partial charge in [-0.2, -0.15) is 5.26 Å². The van der Waals surface area contributed by atoms with Gasteiger partial charge in [-0.1, -0.05) is 62.6 Å². The van der Waals surface area contributed by atoms with Crippen molar-refractivity contribution in [3.8, 4) is 16.5 Å². The van der Waals surface area contributed by atoms with Crippen molar-refractivity contribution in [2.75, 3.05) is 0 Å². The Labute approximate surface area is 132 Å². The Hall–Kier alpha value is -1.72. The zero-order chi connectivity index (χ0) is 14.9. The molecule has 2 aromatic carbocycles. The molecule has 0 amide bonds. The van der Waals surface area contributed by atoms with Crippen LogP contribution in [0.2, 0.25) is 0 Å². The molecule has 1 nitrogen and oxygen atoms in total. The highest BCUT2D eigenvalue weighted by Gasteiger charge is 2.00. The van der Waals surface area contributed by atoms with Gasteiger partial charge in [-0.25, -0.2) is 0 Å². The summed E-state index contributed by atoms with van der Waals surface area (Å²) in [5.41, 5.74) is 3.86. The van der Waals surface area contributed by atoms with Gasteiger partial charge < -0.3 is 0 Å². The first-order chi connectivity index (χ1) is 10.3. The summed E-state index contributed by atoms with van der Waals surface area (Å²) in [5.74, 6) is 0. The molecule has 0 heterocycles. The molecule has 0 fully saturated rings. The van der Waals surface area contributed by atoms with Gasteiger partial charge in [0.1, 0.15) is 5.40 Å². The van der Waals surface area contributed by atoms with E-state index in [1.165, 1.54) is 60.6 Å². The maximum Gasteiger partial charge on any atom is 0.138 e. The van der Waals surface area contributed by atoms with Crippen LogP contribution in [0.25, 0.3) is 11.1 Å². The quantitative estimate of drug-likeness (QED) is 0.353. The molecule has 0 radical (unpaired) electrons. The van der Waals surface area contributed by atoms with Crippen LogP contribution in [0.5, 0.6) is 0 Å². The Morgan fingerprint density at radius 3 is 2.05 bits per heavy atom. The summed E-state index contributed by atoms with van der Waals surface area (Å²) in [5, 5.41) is 10.7. The van der Waals surface area contributed by atoms with Gasteiger partial charge in [0.05, 0.1) is 0 Å². The number of thioether (sulfide) groups is 1. The van der Waals surface area contributed by atoms with E-state index < -0.39 is 0 Å². The number of hydrogen-bond donors (Lipinski definition) is 0. The summed E-state index contributed by atoms with van der Waals surface area (Å²) in [6, 6.07) is 17.0. The van der Waals surface area contributed by atoms with Crippen molar-refractivity contribution < 1.29 is 0 Å². The van der Waals surface area contributed by atoms with Gasteiger partial charge in [0.15, 0.2) is 0 Å². The standard InChI is InChI=1S/C19H21NS/c1-2-3-4-5-6-16-7-9-17(10-8-16)18-11-13-19(14-12-18)21-15-20/h7-14H,2-6H2,1H3.